The van der Waals surface area contributed by atoms with E-state index < -0.39 is 12.3 Å². The van der Waals surface area contributed by atoms with Crippen LogP contribution in [0.25, 0.3) is 0 Å². The van der Waals surface area contributed by atoms with Crippen LogP contribution in [-0.2, 0) is 9.53 Å². The number of ether oxygens (including phenoxy) is 2. The van der Waals surface area contributed by atoms with Gasteiger partial charge in [0.25, 0.3) is 5.91 Å². The van der Waals surface area contributed by atoms with Gasteiger partial charge >= 0.3 is 6.36 Å². The van der Waals surface area contributed by atoms with Gasteiger partial charge in [-0.1, -0.05) is 0 Å². The normalized spacial score (nSPS) is 11.8. The molecule has 0 saturated carbocycles. The minimum Gasteiger partial charge on any atom is -0.406 e. The number of halogens is 3. The molecule has 0 fully saturated rings. The van der Waals surface area contributed by atoms with E-state index >= 15 is 0 Å². The lowest BCUT2D eigenvalue weighted by molar-refractivity contribution is -0.274. The van der Waals surface area contributed by atoms with Crippen LogP contribution < -0.4 is 4.74 Å². The molecule has 0 heterocycles. The van der Waals surface area contributed by atoms with E-state index in [9.17, 15) is 18.0 Å². The van der Waals surface area contributed by atoms with Crippen LogP contribution in [0.15, 0.2) is 34.5 Å². The van der Waals surface area contributed by atoms with Gasteiger partial charge in [-0.15, -0.1) is 23.4 Å². The number of amides is 1. The molecule has 5 nitrogen and oxygen atoms in total. The Labute approximate surface area is 107 Å². The number of alkyl halides is 3. The number of carbonyl (C=O) groups is 1. The molecule has 0 aromatic heterocycles. The maximum absolute atomic E-state index is 11.9. The van der Waals surface area contributed by atoms with Crippen LogP contribution in [0.5, 0.6) is 5.75 Å². The summed E-state index contributed by atoms with van der Waals surface area (Å²) in [6, 6.07) is 4.69. The topological polar surface area (TPSA) is 60.2 Å². The summed E-state index contributed by atoms with van der Waals surface area (Å²) in [6.45, 7) is 0.232. The third-order valence-corrected chi connectivity index (χ3v) is 1.87. The molecule has 19 heavy (non-hydrogen) atoms. The van der Waals surface area contributed by atoms with Gasteiger partial charge in [0.2, 0.25) is 0 Å². The lowest BCUT2D eigenvalue weighted by atomic mass is 10.3. The Kier molecular flexibility index (Phi) is 5.43. The second-order valence-electron chi connectivity index (χ2n) is 3.38. The van der Waals surface area contributed by atoms with Crippen LogP contribution in [0.3, 0.4) is 0 Å². The molecule has 1 rings (SSSR count). The van der Waals surface area contributed by atoms with Crippen molar-refractivity contribution < 1.29 is 27.4 Å². The fraction of sp³-hybridized carbons (Fsp3) is 0.364. The highest BCUT2D eigenvalue weighted by Gasteiger charge is 2.30. The van der Waals surface area contributed by atoms with Crippen molar-refractivity contribution in [3.8, 4) is 5.75 Å². The van der Waals surface area contributed by atoms with E-state index in [1.807, 2.05) is 0 Å². The molecule has 1 amide bonds. The second-order valence-corrected chi connectivity index (χ2v) is 3.38. The van der Waals surface area contributed by atoms with E-state index in [0.717, 1.165) is 12.1 Å². The lowest BCUT2D eigenvalue weighted by Crippen LogP contribution is -2.16. The molecule has 1 aromatic rings. The van der Waals surface area contributed by atoms with Gasteiger partial charge in [0.15, 0.2) is 0 Å². The van der Waals surface area contributed by atoms with E-state index in [1.165, 1.54) is 19.2 Å². The van der Waals surface area contributed by atoms with E-state index in [2.05, 4.69) is 19.7 Å². The largest absolute Gasteiger partial charge is 0.573 e. The van der Waals surface area contributed by atoms with Crippen molar-refractivity contribution in [1.82, 2.24) is 0 Å². The van der Waals surface area contributed by atoms with Gasteiger partial charge in [-0.3, -0.25) is 4.79 Å². The van der Waals surface area contributed by atoms with Gasteiger partial charge < -0.3 is 9.47 Å². The number of nitrogens with zero attached hydrogens (tertiary/aromatic N) is 2. The van der Waals surface area contributed by atoms with Crippen LogP contribution in [0.4, 0.5) is 18.9 Å². The summed E-state index contributed by atoms with van der Waals surface area (Å²) in [7, 11) is 1.45. The van der Waals surface area contributed by atoms with Crippen LogP contribution in [0, 0.1) is 0 Å². The van der Waals surface area contributed by atoms with E-state index in [4.69, 9.17) is 0 Å². The molecule has 0 aliphatic heterocycles. The first-order valence-corrected chi connectivity index (χ1v) is 5.20. The SMILES string of the molecule is COCCC(=O)N=Nc1ccc(OC(F)(F)F)cc1. The monoisotopic (exact) mass is 276 g/mol. The number of hydrogen-bond donors (Lipinski definition) is 0. The van der Waals surface area contributed by atoms with Crippen molar-refractivity contribution in [3.63, 3.8) is 0 Å². The zero-order chi connectivity index (χ0) is 14.3. The molecule has 0 atom stereocenters. The highest BCUT2D eigenvalue weighted by Crippen LogP contribution is 2.24. The summed E-state index contributed by atoms with van der Waals surface area (Å²) in [6.07, 6.45) is -4.64. The first-order chi connectivity index (χ1) is 8.90. The number of hydrogen-bond acceptors (Lipinski definition) is 4. The predicted molar refractivity (Wildman–Crippen MR) is 59.1 cm³/mol. The fourth-order valence-electron chi connectivity index (χ4n) is 1.07. The van der Waals surface area contributed by atoms with Crippen molar-refractivity contribution >= 4 is 11.6 Å². The number of benzene rings is 1. The van der Waals surface area contributed by atoms with Gasteiger partial charge in [0.1, 0.15) is 5.75 Å². The summed E-state index contributed by atoms with van der Waals surface area (Å²) >= 11 is 0. The minimum atomic E-state index is -4.74. The van der Waals surface area contributed by atoms with Gasteiger partial charge in [-0.05, 0) is 24.3 Å². The van der Waals surface area contributed by atoms with E-state index in [1.54, 1.807) is 0 Å². The number of carbonyl (C=O) groups excluding carboxylic acids is 1. The molecule has 0 radical (unpaired) electrons. The lowest BCUT2D eigenvalue weighted by Gasteiger charge is -2.07. The average molecular weight is 276 g/mol. The molecule has 104 valence electrons. The Hall–Kier alpha value is -1.96. The van der Waals surface area contributed by atoms with Gasteiger partial charge in [-0.2, -0.15) is 0 Å². The van der Waals surface area contributed by atoms with Crippen molar-refractivity contribution in [1.29, 1.82) is 0 Å². The van der Waals surface area contributed by atoms with Crippen molar-refractivity contribution in [2.45, 2.75) is 12.8 Å². The van der Waals surface area contributed by atoms with Crippen molar-refractivity contribution in [2.75, 3.05) is 13.7 Å². The minimum absolute atomic E-state index is 0.0925. The fourth-order valence-corrected chi connectivity index (χ4v) is 1.07. The molecule has 0 unspecified atom stereocenters. The molecule has 0 N–H and O–H groups in total. The number of rotatable bonds is 5. The Morgan fingerprint density at radius 3 is 2.42 bits per heavy atom. The Morgan fingerprint density at radius 1 is 1.26 bits per heavy atom. The molecule has 0 aliphatic carbocycles. The molecule has 8 heteroatoms. The Bertz CT molecular complexity index is 443. The highest BCUT2D eigenvalue weighted by molar-refractivity contribution is 5.76. The smallest absolute Gasteiger partial charge is 0.406 e. The first kappa shape index (κ1) is 15.1. The summed E-state index contributed by atoms with van der Waals surface area (Å²) < 4.78 is 44.0. The third kappa shape index (κ3) is 6.51. The predicted octanol–water partition coefficient (Wildman–Crippen LogP) is 3.23. The molecule has 0 bridgehead atoms. The second kappa shape index (κ2) is 6.83. The standard InChI is InChI=1S/C11H11F3N2O3/c1-18-7-6-10(17)16-15-8-2-4-9(5-3-8)19-11(12,13)14/h2-5H,6-7H2,1H3. The zero-order valence-electron chi connectivity index (χ0n) is 9.98. The first-order valence-electron chi connectivity index (χ1n) is 5.20. The highest BCUT2D eigenvalue weighted by atomic mass is 19.4. The van der Waals surface area contributed by atoms with Crippen molar-refractivity contribution in [2.24, 2.45) is 10.2 Å². The summed E-state index contributed by atoms with van der Waals surface area (Å²) in [5.74, 6) is -0.838. The summed E-state index contributed by atoms with van der Waals surface area (Å²) in [4.78, 5) is 11.1. The van der Waals surface area contributed by atoms with Gasteiger partial charge in [0, 0.05) is 7.11 Å². The molecule has 0 spiro atoms. The van der Waals surface area contributed by atoms with Gasteiger partial charge in [-0.25, -0.2) is 0 Å². The number of methoxy groups -OCH3 is 1. The molecular weight excluding hydrogens is 265 g/mol. The van der Waals surface area contributed by atoms with Crippen LogP contribution in [0.2, 0.25) is 0 Å². The molecule has 0 aliphatic rings. The summed E-state index contributed by atoms with van der Waals surface area (Å²) in [5.41, 5.74) is 0.250. The van der Waals surface area contributed by atoms with Crippen molar-refractivity contribution in [3.05, 3.63) is 24.3 Å². The van der Waals surface area contributed by atoms with Crippen LogP contribution >= 0.6 is 0 Å². The maximum atomic E-state index is 11.9. The number of azo groups is 1. The summed E-state index contributed by atoms with van der Waals surface area (Å²) in [5, 5.41) is 6.96. The average Bonchev–Trinajstić information content (AvgIpc) is 2.33. The molecular formula is C11H11F3N2O3. The Morgan fingerprint density at radius 2 is 1.89 bits per heavy atom. The van der Waals surface area contributed by atoms with Crippen LogP contribution in [0.1, 0.15) is 6.42 Å². The molecule has 0 saturated heterocycles. The third-order valence-electron chi connectivity index (χ3n) is 1.87. The Balaban J connectivity index is 2.57. The quantitative estimate of drug-likeness (QED) is 0.776. The molecule has 1 aromatic carbocycles. The van der Waals surface area contributed by atoms with Crippen LogP contribution in [-0.4, -0.2) is 26.0 Å². The van der Waals surface area contributed by atoms with E-state index in [-0.39, 0.29) is 24.5 Å². The van der Waals surface area contributed by atoms with Gasteiger partial charge in [0.05, 0.1) is 18.7 Å². The maximum Gasteiger partial charge on any atom is 0.573 e. The van der Waals surface area contributed by atoms with E-state index in [0.29, 0.717) is 0 Å². The zero-order valence-corrected chi connectivity index (χ0v) is 9.98.